The van der Waals surface area contributed by atoms with Crippen LogP contribution in [0, 0.1) is 12.3 Å². The van der Waals surface area contributed by atoms with Crippen molar-refractivity contribution in [1.82, 2.24) is 4.31 Å². The van der Waals surface area contributed by atoms with Gasteiger partial charge >= 0.3 is 0 Å². The first-order valence-corrected chi connectivity index (χ1v) is 8.95. The molecule has 0 unspecified atom stereocenters. The average molecular weight is 295 g/mol. The van der Waals surface area contributed by atoms with E-state index >= 15 is 0 Å². The summed E-state index contributed by atoms with van der Waals surface area (Å²) in [6, 6.07) is 7.25. The molecule has 0 amide bonds. The molecule has 1 aliphatic heterocycles. The van der Waals surface area contributed by atoms with E-state index in [0.29, 0.717) is 23.4 Å². The summed E-state index contributed by atoms with van der Waals surface area (Å²) < 4.78 is 27.1. The molecule has 1 aromatic carbocycles. The zero-order valence-electron chi connectivity index (χ0n) is 12.7. The van der Waals surface area contributed by atoms with Crippen molar-refractivity contribution in [3.8, 4) is 0 Å². The number of benzene rings is 1. The first-order valence-electron chi connectivity index (χ1n) is 7.51. The highest BCUT2D eigenvalue weighted by atomic mass is 32.2. The van der Waals surface area contributed by atoms with Crippen LogP contribution in [0.5, 0.6) is 0 Å². The molecule has 1 heterocycles. The first-order chi connectivity index (χ1) is 9.45. The van der Waals surface area contributed by atoms with Gasteiger partial charge in [-0.15, -0.1) is 0 Å². The van der Waals surface area contributed by atoms with Crippen molar-refractivity contribution in [2.75, 3.05) is 13.1 Å². The summed E-state index contributed by atoms with van der Waals surface area (Å²) in [6.45, 7) is 7.60. The molecule has 0 radical (unpaired) electrons. The van der Waals surface area contributed by atoms with Gasteiger partial charge in [-0.2, -0.15) is 4.31 Å². The summed E-state index contributed by atoms with van der Waals surface area (Å²) >= 11 is 0. The van der Waals surface area contributed by atoms with Crippen LogP contribution in [-0.4, -0.2) is 25.8 Å². The Kier molecular flexibility index (Phi) is 4.55. The number of hydrogen-bond donors (Lipinski definition) is 0. The van der Waals surface area contributed by atoms with Crippen molar-refractivity contribution in [2.45, 2.75) is 51.3 Å². The van der Waals surface area contributed by atoms with Gasteiger partial charge in [0, 0.05) is 13.1 Å². The number of hydrogen-bond acceptors (Lipinski definition) is 2. The van der Waals surface area contributed by atoms with Crippen LogP contribution < -0.4 is 0 Å². The Morgan fingerprint density at radius 3 is 2.15 bits per heavy atom. The van der Waals surface area contributed by atoms with Crippen LogP contribution in [0.2, 0.25) is 0 Å². The third kappa shape index (κ3) is 2.77. The van der Waals surface area contributed by atoms with E-state index in [1.165, 1.54) is 0 Å². The lowest BCUT2D eigenvalue weighted by Crippen LogP contribution is -2.42. The lowest BCUT2D eigenvalue weighted by atomic mass is 9.75. The summed E-state index contributed by atoms with van der Waals surface area (Å²) in [5.74, 6) is 0. The molecule has 1 aromatic rings. The smallest absolute Gasteiger partial charge is 0.207 e. The minimum absolute atomic E-state index is 0.345. The molecule has 0 aromatic heterocycles. The maximum atomic E-state index is 12.7. The summed E-state index contributed by atoms with van der Waals surface area (Å²) in [4.78, 5) is 0.459. The monoisotopic (exact) mass is 295 g/mol. The normalized spacial score (nSPS) is 19.9. The van der Waals surface area contributed by atoms with Crippen LogP contribution in [0.4, 0.5) is 0 Å². The Hall–Kier alpha value is -0.870. The third-order valence-corrected chi connectivity index (χ3v) is 7.05. The van der Waals surface area contributed by atoms with Crippen molar-refractivity contribution < 1.29 is 8.42 Å². The molecular formula is C16H25NO2S. The molecule has 0 saturated carbocycles. The molecule has 1 saturated heterocycles. The Morgan fingerprint density at radius 1 is 1.10 bits per heavy atom. The van der Waals surface area contributed by atoms with Crippen LogP contribution >= 0.6 is 0 Å². The van der Waals surface area contributed by atoms with Gasteiger partial charge in [0.1, 0.15) is 0 Å². The average Bonchev–Trinajstić information content (AvgIpc) is 2.47. The summed E-state index contributed by atoms with van der Waals surface area (Å²) in [5, 5.41) is 0. The van der Waals surface area contributed by atoms with Crippen molar-refractivity contribution in [3.63, 3.8) is 0 Å². The second-order valence-electron chi connectivity index (χ2n) is 5.88. The lowest BCUT2D eigenvalue weighted by molar-refractivity contribution is 0.141. The molecule has 1 fully saturated rings. The van der Waals surface area contributed by atoms with Gasteiger partial charge in [0.25, 0.3) is 0 Å². The number of sulfonamides is 1. The van der Waals surface area contributed by atoms with Crippen LogP contribution in [0.15, 0.2) is 29.2 Å². The highest BCUT2D eigenvalue weighted by molar-refractivity contribution is 7.89. The molecule has 1 aliphatic rings. The van der Waals surface area contributed by atoms with Gasteiger partial charge in [-0.25, -0.2) is 8.42 Å². The minimum Gasteiger partial charge on any atom is -0.207 e. The fraction of sp³-hybridized carbons (Fsp3) is 0.625. The van der Waals surface area contributed by atoms with E-state index < -0.39 is 10.0 Å². The second kappa shape index (κ2) is 5.86. The van der Waals surface area contributed by atoms with Crippen LogP contribution in [-0.2, 0) is 10.0 Å². The van der Waals surface area contributed by atoms with Crippen molar-refractivity contribution in [1.29, 1.82) is 0 Å². The van der Waals surface area contributed by atoms with Crippen molar-refractivity contribution in [2.24, 2.45) is 5.41 Å². The fourth-order valence-corrected chi connectivity index (χ4v) is 4.81. The van der Waals surface area contributed by atoms with Gasteiger partial charge in [-0.3, -0.25) is 0 Å². The minimum atomic E-state index is -3.33. The van der Waals surface area contributed by atoms with E-state index in [0.717, 1.165) is 31.2 Å². The standard InChI is InChI=1S/C16H25NO2S/c1-4-16(5-2)10-12-17(13-11-16)20(18,19)15-9-7-6-8-14(15)3/h6-9H,4-5,10-13H2,1-3H3. The Morgan fingerprint density at radius 2 is 1.65 bits per heavy atom. The SMILES string of the molecule is CCC1(CC)CCN(S(=O)(=O)c2ccccc2C)CC1. The Labute approximate surface area is 123 Å². The van der Waals surface area contributed by atoms with Gasteiger partial charge in [0.05, 0.1) is 4.90 Å². The topological polar surface area (TPSA) is 37.4 Å². The van der Waals surface area contributed by atoms with Crippen molar-refractivity contribution in [3.05, 3.63) is 29.8 Å². The van der Waals surface area contributed by atoms with Gasteiger partial charge in [0.15, 0.2) is 0 Å². The largest absolute Gasteiger partial charge is 0.243 e. The zero-order chi connectivity index (χ0) is 14.8. The van der Waals surface area contributed by atoms with E-state index in [4.69, 9.17) is 0 Å². The molecule has 0 spiro atoms. The molecule has 2 rings (SSSR count). The van der Waals surface area contributed by atoms with E-state index in [1.807, 2.05) is 19.1 Å². The van der Waals surface area contributed by atoms with Crippen LogP contribution in [0.1, 0.15) is 45.1 Å². The predicted octanol–water partition coefficient (Wildman–Crippen LogP) is 3.59. The Bertz CT molecular complexity index is 552. The number of aryl methyl sites for hydroxylation is 1. The molecule has 0 bridgehead atoms. The maximum Gasteiger partial charge on any atom is 0.243 e. The fourth-order valence-electron chi connectivity index (χ4n) is 3.14. The molecule has 0 atom stereocenters. The quantitative estimate of drug-likeness (QED) is 0.851. The molecular weight excluding hydrogens is 270 g/mol. The highest BCUT2D eigenvalue weighted by Crippen LogP contribution is 2.39. The number of nitrogens with zero attached hydrogens (tertiary/aromatic N) is 1. The van der Waals surface area contributed by atoms with Gasteiger partial charge in [-0.05, 0) is 36.8 Å². The van der Waals surface area contributed by atoms with Crippen molar-refractivity contribution >= 4 is 10.0 Å². The summed E-state index contributed by atoms with van der Waals surface area (Å²) in [5.41, 5.74) is 1.17. The van der Waals surface area contributed by atoms with E-state index in [2.05, 4.69) is 13.8 Å². The maximum absolute atomic E-state index is 12.7. The number of piperidine rings is 1. The first kappa shape index (κ1) is 15.5. The van der Waals surface area contributed by atoms with Gasteiger partial charge in [0.2, 0.25) is 10.0 Å². The molecule has 4 heteroatoms. The molecule has 0 N–H and O–H groups in total. The van der Waals surface area contributed by atoms with E-state index in [1.54, 1.807) is 16.4 Å². The zero-order valence-corrected chi connectivity index (χ0v) is 13.5. The van der Waals surface area contributed by atoms with Gasteiger partial charge < -0.3 is 0 Å². The lowest BCUT2D eigenvalue weighted by Gasteiger charge is -2.40. The third-order valence-electron chi connectivity index (χ3n) is 4.99. The summed E-state index contributed by atoms with van der Waals surface area (Å²) in [7, 11) is -3.33. The van der Waals surface area contributed by atoms with E-state index in [9.17, 15) is 8.42 Å². The molecule has 3 nitrogen and oxygen atoms in total. The molecule has 112 valence electrons. The molecule has 20 heavy (non-hydrogen) atoms. The highest BCUT2D eigenvalue weighted by Gasteiger charge is 2.36. The number of rotatable bonds is 4. The predicted molar refractivity (Wildman–Crippen MR) is 82.2 cm³/mol. The molecule has 0 aliphatic carbocycles. The summed E-state index contributed by atoms with van der Waals surface area (Å²) in [6.07, 6.45) is 4.24. The Balaban J connectivity index is 2.20. The van der Waals surface area contributed by atoms with Crippen LogP contribution in [0.3, 0.4) is 0 Å². The van der Waals surface area contributed by atoms with Gasteiger partial charge in [-0.1, -0.05) is 44.9 Å². The van der Waals surface area contributed by atoms with E-state index in [-0.39, 0.29) is 0 Å². The van der Waals surface area contributed by atoms with Crippen LogP contribution in [0.25, 0.3) is 0 Å². The second-order valence-corrected chi connectivity index (χ2v) is 7.78.